The molecule has 0 saturated carbocycles. The smallest absolute Gasteiger partial charge is 0.137 e. The molecule has 2 fully saturated rings. The number of piperidine rings is 1. The summed E-state index contributed by atoms with van der Waals surface area (Å²) in [5.41, 5.74) is 1.56. The second kappa shape index (κ2) is 7.90. The Morgan fingerprint density at radius 2 is 2.00 bits per heavy atom. The summed E-state index contributed by atoms with van der Waals surface area (Å²) in [6, 6.07) is 8.22. The molecule has 2 aliphatic rings. The minimum Gasteiger partial charge on any atom is -0.317 e. The second-order valence-corrected chi connectivity index (χ2v) is 8.77. The maximum absolute atomic E-state index is 6.37. The van der Waals surface area contributed by atoms with Gasteiger partial charge in [-0.25, -0.2) is 0 Å². The number of benzene rings is 1. The monoisotopic (exact) mass is 387 g/mol. The summed E-state index contributed by atoms with van der Waals surface area (Å²) in [6.07, 6.45) is 5.46. The first-order valence-electron chi connectivity index (χ1n) is 10.1. The number of hydrogen-bond acceptors (Lipinski definition) is 4. The van der Waals surface area contributed by atoms with E-state index in [9.17, 15) is 0 Å². The molecule has 2 aliphatic heterocycles. The molecule has 1 aromatic heterocycles. The van der Waals surface area contributed by atoms with Crippen molar-refractivity contribution in [2.75, 3.05) is 33.2 Å². The van der Waals surface area contributed by atoms with Crippen molar-refractivity contribution in [3.05, 3.63) is 47.0 Å². The standard InChI is InChI=1S/C21H30ClN5/c1-3-10-27-16-23-24-20(27)18-14-25(2)15-21(18)8-11-26(12-9-21)13-17-6-4-5-7-19(17)22/h4-7,16,18H,3,8-15H2,1-2H3. The van der Waals surface area contributed by atoms with Crippen molar-refractivity contribution in [2.45, 2.75) is 45.2 Å². The van der Waals surface area contributed by atoms with Crippen molar-refractivity contribution in [2.24, 2.45) is 5.41 Å². The predicted octanol–water partition coefficient (Wildman–Crippen LogP) is 3.65. The number of aryl methyl sites for hydroxylation is 1. The lowest BCUT2D eigenvalue weighted by atomic mass is 9.70. The maximum atomic E-state index is 6.37. The van der Waals surface area contributed by atoms with E-state index in [1.807, 2.05) is 18.5 Å². The maximum Gasteiger partial charge on any atom is 0.137 e. The van der Waals surface area contributed by atoms with Crippen LogP contribution in [0.25, 0.3) is 0 Å². The largest absolute Gasteiger partial charge is 0.317 e. The molecule has 5 nitrogen and oxygen atoms in total. The van der Waals surface area contributed by atoms with E-state index in [-0.39, 0.29) is 0 Å². The predicted molar refractivity (Wildman–Crippen MR) is 109 cm³/mol. The first-order chi connectivity index (χ1) is 13.1. The summed E-state index contributed by atoms with van der Waals surface area (Å²) in [4.78, 5) is 5.04. The average molecular weight is 388 g/mol. The molecule has 1 spiro atoms. The summed E-state index contributed by atoms with van der Waals surface area (Å²) < 4.78 is 2.28. The molecule has 0 radical (unpaired) electrons. The van der Waals surface area contributed by atoms with E-state index in [0.717, 1.165) is 50.7 Å². The minimum absolute atomic E-state index is 0.324. The van der Waals surface area contributed by atoms with E-state index in [4.69, 9.17) is 11.6 Å². The van der Waals surface area contributed by atoms with Gasteiger partial charge in [0.15, 0.2) is 0 Å². The first kappa shape index (κ1) is 18.9. The highest BCUT2D eigenvalue weighted by molar-refractivity contribution is 6.31. The Labute approximate surface area is 167 Å². The Morgan fingerprint density at radius 1 is 1.22 bits per heavy atom. The van der Waals surface area contributed by atoms with Gasteiger partial charge in [0.2, 0.25) is 0 Å². The molecule has 2 saturated heterocycles. The number of likely N-dealkylation sites (tertiary alicyclic amines) is 2. The van der Waals surface area contributed by atoms with Crippen LogP contribution in [0.4, 0.5) is 0 Å². The summed E-state index contributed by atoms with van der Waals surface area (Å²) in [5.74, 6) is 1.68. The van der Waals surface area contributed by atoms with Gasteiger partial charge < -0.3 is 9.47 Å². The number of rotatable bonds is 5. The van der Waals surface area contributed by atoms with Crippen molar-refractivity contribution >= 4 is 11.6 Å². The summed E-state index contributed by atoms with van der Waals surface area (Å²) in [7, 11) is 2.25. The fraction of sp³-hybridized carbons (Fsp3) is 0.619. The van der Waals surface area contributed by atoms with Gasteiger partial charge in [-0.05, 0) is 56.4 Å². The van der Waals surface area contributed by atoms with Gasteiger partial charge in [-0.1, -0.05) is 36.7 Å². The number of halogens is 1. The van der Waals surface area contributed by atoms with Gasteiger partial charge in [0.05, 0.1) is 0 Å². The molecule has 0 bridgehead atoms. The van der Waals surface area contributed by atoms with Crippen LogP contribution < -0.4 is 0 Å². The molecule has 1 atom stereocenters. The quantitative estimate of drug-likeness (QED) is 0.784. The average Bonchev–Trinajstić information content (AvgIpc) is 3.23. The number of aromatic nitrogens is 3. The molecule has 4 rings (SSSR count). The summed E-state index contributed by atoms with van der Waals surface area (Å²) >= 11 is 6.37. The van der Waals surface area contributed by atoms with Crippen LogP contribution >= 0.6 is 11.6 Å². The zero-order chi connectivity index (χ0) is 18.9. The highest BCUT2D eigenvalue weighted by Gasteiger charge is 2.49. The first-order valence-corrected chi connectivity index (χ1v) is 10.5. The van der Waals surface area contributed by atoms with E-state index < -0.39 is 0 Å². The number of likely N-dealkylation sites (N-methyl/N-ethyl adjacent to an activating group) is 1. The van der Waals surface area contributed by atoms with Crippen LogP contribution in [-0.2, 0) is 13.1 Å². The third kappa shape index (κ3) is 3.78. The third-order valence-electron chi connectivity index (χ3n) is 6.44. The highest BCUT2D eigenvalue weighted by atomic mass is 35.5. The van der Waals surface area contributed by atoms with Crippen molar-refractivity contribution < 1.29 is 0 Å². The molecule has 0 aliphatic carbocycles. The van der Waals surface area contributed by atoms with E-state index in [1.54, 1.807) is 0 Å². The summed E-state index contributed by atoms with van der Waals surface area (Å²) in [5, 5.41) is 9.67. The third-order valence-corrected chi connectivity index (χ3v) is 6.81. The molecule has 3 heterocycles. The molecule has 2 aromatic rings. The van der Waals surface area contributed by atoms with Crippen LogP contribution in [0.1, 0.15) is 43.5 Å². The molecular weight excluding hydrogens is 358 g/mol. The van der Waals surface area contributed by atoms with Gasteiger partial charge in [-0.3, -0.25) is 4.90 Å². The Hall–Kier alpha value is -1.43. The van der Waals surface area contributed by atoms with Crippen molar-refractivity contribution in [1.82, 2.24) is 24.6 Å². The molecular formula is C21H30ClN5. The molecule has 0 amide bonds. The van der Waals surface area contributed by atoms with Gasteiger partial charge in [-0.2, -0.15) is 0 Å². The minimum atomic E-state index is 0.324. The topological polar surface area (TPSA) is 37.2 Å². The molecule has 27 heavy (non-hydrogen) atoms. The van der Waals surface area contributed by atoms with Gasteiger partial charge in [-0.15, -0.1) is 10.2 Å². The zero-order valence-electron chi connectivity index (χ0n) is 16.4. The molecule has 1 aromatic carbocycles. The zero-order valence-corrected chi connectivity index (χ0v) is 17.2. The van der Waals surface area contributed by atoms with Crippen LogP contribution in [0.5, 0.6) is 0 Å². The lowest BCUT2D eigenvalue weighted by Crippen LogP contribution is -2.43. The van der Waals surface area contributed by atoms with Crippen LogP contribution in [0.2, 0.25) is 5.02 Å². The van der Waals surface area contributed by atoms with E-state index in [2.05, 4.69) is 50.7 Å². The van der Waals surface area contributed by atoms with Gasteiger partial charge in [0, 0.05) is 37.1 Å². The Bertz CT molecular complexity index is 765. The van der Waals surface area contributed by atoms with Gasteiger partial charge >= 0.3 is 0 Å². The van der Waals surface area contributed by atoms with E-state index in [1.165, 1.54) is 24.2 Å². The number of nitrogens with zero attached hydrogens (tertiary/aromatic N) is 5. The molecule has 0 N–H and O–H groups in total. The Kier molecular flexibility index (Phi) is 5.53. The SMILES string of the molecule is CCCn1cnnc1C1CN(C)CC12CCN(Cc1ccccc1Cl)CC2. The molecule has 6 heteroatoms. The summed E-state index contributed by atoms with van der Waals surface area (Å²) in [6.45, 7) is 8.67. The lowest BCUT2D eigenvalue weighted by molar-refractivity contribution is 0.0912. The fourth-order valence-electron chi connectivity index (χ4n) is 5.05. The van der Waals surface area contributed by atoms with Crippen molar-refractivity contribution in [3.8, 4) is 0 Å². The highest BCUT2D eigenvalue weighted by Crippen LogP contribution is 2.49. The number of hydrogen-bond donors (Lipinski definition) is 0. The normalized spacial score (nSPS) is 23.3. The van der Waals surface area contributed by atoms with Crippen molar-refractivity contribution in [1.29, 1.82) is 0 Å². The van der Waals surface area contributed by atoms with E-state index >= 15 is 0 Å². The fourth-order valence-corrected chi connectivity index (χ4v) is 5.25. The molecule has 1 unspecified atom stereocenters. The van der Waals surface area contributed by atoms with Crippen LogP contribution in [0, 0.1) is 5.41 Å². The Morgan fingerprint density at radius 3 is 2.74 bits per heavy atom. The van der Waals surface area contributed by atoms with Crippen molar-refractivity contribution in [3.63, 3.8) is 0 Å². The van der Waals surface area contributed by atoms with Gasteiger partial charge in [0.25, 0.3) is 0 Å². The molecule has 146 valence electrons. The van der Waals surface area contributed by atoms with Gasteiger partial charge in [0.1, 0.15) is 12.2 Å². The second-order valence-electron chi connectivity index (χ2n) is 8.36. The van der Waals surface area contributed by atoms with Crippen LogP contribution in [0.15, 0.2) is 30.6 Å². The van der Waals surface area contributed by atoms with Crippen LogP contribution in [-0.4, -0.2) is 57.8 Å². The van der Waals surface area contributed by atoms with Crippen LogP contribution in [0.3, 0.4) is 0 Å². The van der Waals surface area contributed by atoms with E-state index in [0.29, 0.717) is 11.3 Å². The lowest BCUT2D eigenvalue weighted by Gasteiger charge is -2.42. The Balaban J connectivity index is 1.48.